The van der Waals surface area contributed by atoms with Crippen LogP contribution in [0.5, 0.6) is 0 Å². The van der Waals surface area contributed by atoms with E-state index in [0.29, 0.717) is 18.8 Å². The average Bonchev–Trinajstić information content (AvgIpc) is 3.20. The summed E-state index contributed by atoms with van der Waals surface area (Å²) in [5, 5.41) is 2.60. The maximum Gasteiger partial charge on any atom is 0.243 e. The third-order valence-electron chi connectivity index (χ3n) is 4.83. The zero-order chi connectivity index (χ0) is 20.3. The third kappa shape index (κ3) is 4.77. The Bertz CT molecular complexity index is 950. The van der Waals surface area contributed by atoms with Gasteiger partial charge in [-0.1, -0.05) is 17.7 Å². The summed E-state index contributed by atoms with van der Waals surface area (Å²) in [6.45, 7) is 7.11. The highest BCUT2D eigenvalue weighted by molar-refractivity contribution is 8.00. The first-order chi connectivity index (χ1) is 13.3. The first-order valence-electron chi connectivity index (χ1n) is 9.42. The van der Waals surface area contributed by atoms with Crippen molar-refractivity contribution in [2.75, 3.05) is 18.4 Å². The molecule has 1 N–H and O–H groups in total. The number of aryl methyl sites for hydroxylation is 2. The zero-order valence-corrected chi connectivity index (χ0v) is 18.1. The number of hydrogen-bond acceptors (Lipinski definition) is 4. The summed E-state index contributed by atoms with van der Waals surface area (Å²) in [6, 6.07) is 12.6. The Kier molecular flexibility index (Phi) is 6.47. The molecule has 3 rings (SSSR count). The van der Waals surface area contributed by atoms with Crippen LogP contribution in [0.15, 0.2) is 52.3 Å². The first kappa shape index (κ1) is 20.9. The van der Waals surface area contributed by atoms with E-state index in [4.69, 9.17) is 0 Å². The predicted octanol–water partition coefficient (Wildman–Crippen LogP) is 4.21. The quantitative estimate of drug-likeness (QED) is 0.714. The molecule has 150 valence electrons. The Balaban J connectivity index is 1.63. The van der Waals surface area contributed by atoms with E-state index in [0.717, 1.165) is 23.3 Å². The molecule has 1 aliphatic rings. The standard InChI is InChI=1S/C21H26N2O3S2/c1-15-6-11-20(16(2)14-15)27-17(3)21(24)22-18-7-9-19(10-8-18)28(25,26)23-12-4-5-13-23/h6-11,14,17H,4-5,12-13H2,1-3H3,(H,22,24)/t17-/m1/s1. The Morgan fingerprint density at radius 3 is 2.32 bits per heavy atom. The summed E-state index contributed by atoms with van der Waals surface area (Å²) in [7, 11) is -3.43. The topological polar surface area (TPSA) is 66.5 Å². The van der Waals surface area contributed by atoms with Crippen molar-refractivity contribution in [2.24, 2.45) is 0 Å². The predicted molar refractivity (Wildman–Crippen MR) is 114 cm³/mol. The lowest BCUT2D eigenvalue weighted by Gasteiger charge is -2.16. The fourth-order valence-electron chi connectivity index (χ4n) is 3.21. The normalized spacial score (nSPS) is 16.1. The van der Waals surface area contributed by atoms with E-state index in [9.17, 15) is 13.2 Å². The van der Waals surface area contributed by atoms with Crippen LogP contribution >= 0.6 is 11.8 Å². The molecule has 2 aromatic carbocycles. The van der Waals surface area contributed by atoms with Crippen LogP contribution in [-0.4, -0.2) is 37.0 Å². The van der Waals surface area contributed by atoms with Gasteiger partial charge < -0.3 is 5.32 Å². The van der Waals surface area contributed by atoms with Gasteiger partial charge in [-0.05, 0) is 69.5 Å². The molecule has 1 atom stereocenters. The van der Waals surface area contributed by atoms with Crippen LogP contribution in [0.1, 0.15) is 30.9 Å². The molecule has 0 bridgehead atoms. The lowest BCUT2D eigenvalue weighted by Crippen LogP contribution is -2.27. The Labute approximate surface area is 171 Å². The number of carbonyl (C=O) groups excluding carboxylic acids is 1. The van der Waals surface area contributed by atoms with Crippen molar-refractivity contribution >= 4 is 33.4 Å². The molecule has 0 radical (unpaired) electrons. The largest absolute Gasteiger partial charge is 0.325 e. The molecule has 0 aliphatic carbocycles. The number of thioether (sulfide) groups is 1. The van der Waals surface area contributed by atoms with Gasteiger partial charge in [0.2, 0.25) is 15.9 Å². The number of sulfonamides is 1. The Morgan fingerprint density at radius 2 is 1.71 bits per heavy atom. The highest BCUT2D eigenvalue weighted by Crippen LogP contribution is 2.28. The smallest absolute Gasteiger partial charge is 0.243 e. The van der Waals surface area contributed by atoms with Gasteiger partial charge in [-0.3, -0.25) is 4.79 Å². The minimum Gasteiger partial charge on any atom is -0.325 e. The third-order valence-corrected chi connectivity index (χ3v) is 8.02. The van der Waals surface area contributed by atoms with Crippen LogP contribution in [0.3, 0.4) is 0 Å². The maximum absolute atomic E-state index is 12.6. The number of amides is 1. The molecule has 2 aromatic rings. The van der Waals surface area contributed by atoms with E-state index in [1.54, 1.807) is 24.3 Å². The molecule has 0 saturated carbocycles. The minimum atomic E-state index is -3.43. The van der Waals surface area contributed by atoms with E-state index in [2.05, 4.69) is 11.4 Å². The summed E-state index contributed by atoms with van der Waals surface area (Å²) in [5.41, 5.74) is 2.95. The van der Waals surface area contributed by atoms with Gasteiger partial charge in [0.1, 0.15) is 0 Å². The Hall–Kier alpha value is -1.83. The van der Waals surface area contributed by atoms with E-state index in [1.807, 2.05) is 32.9 Å². The van der Waals surface area contributed by atoms with Gasteiger partial charge in [0.25, 0.3) is 0 Å². The van der Waals surface area contributed by atoms with E-state index in [-0.39, 0.29) is 16.1 Å². The van der Waals surface area contributed by atoms with Gasteiger partial charge >= 0.3 is 0 Å². The molecular weight excluding hydrogens is 392 g/mol. The van der Waals surface area contributed by atoms with Crippen molar-refractivity contribution in [3.8, 4) is 0 Å². The fourth-order valence-corrected chi connectivity index (χ4v) is 5.66. The van der Waals surface area contributed by atoms with Crippen molar-refractivity contribution in [3.05, 3.63) is 53.6 Å². The summed E-state index contributed by atoms with van der Waals surface area (Å²) >= 11 is 1.52. The summed E-state index contributed by atoms with van der Waals surface area (Å²) < 4.78 is 26.7. The molecule has 0 aromatic heterocycles. The van der Waals surface area contributed by atoms with Crippen LogP contribution in [0, 0.1) is 13.8 Å². The molecule has 7 heteroatoms. The van der Waals surface area contributed by atoms with Gasteiger partial charge in [0, 0.05) is 23.7 Å². The molecule has 0 spiro atoms. The molecule has 5 nitrogen and oxygen atoms in total. The molecule has 1 heterocycles. The first-order valence-corrected chi connectivity index (χ1v) is 11.7. The maximum atomic E-state index is 12.6. The number of nitrogens with zero attached hydrogens (tertiary/aromatic N) is 1. The molecule has 1 amide bonds. The molecule has 0 unspecified atom stereocenters. The van der Waals surface area contributed by atoms with Crippen molar-refractivity contribution < 1.29 is 13.2 Å². The number of anilines is 1. The average molecular weight is 419 g/mol. The van der Waals surface area contributed by atoms with E-state index in [1.165, 1.54) is 21.6 Å². The van der Waals surface area contributed by atoms with Gasteiger partial charge in [0.05, 0.1) is 10.1 Å². The van der Waals surface area contributed by atoms with Gasteiger partial charge in [0.15, 0.2) is 0 Å². The van der Waals surface area contributed by atoms with Gasteiger partial charge in [-0.2, -0.15) is 4.31 Å². The molecule has 28 heavy (non-hydrogen) atoms. The van der Waals surface area contributed by atoms with Crippen molar-refractivity contribution in [2.45, 2.75) is 48.7 Å². The number of nitrogens with one attached hydrogen (secondary N) is 1. The molecule has 1 fully saturated rings. The number of benzene rings is 2. The monoisotopic (exact) mass is 418 g/mol. The van der Waals surface area contributed by atoms with E-state index >= 15 is 0 Å². The second kappa shape index (κ2) is 8.68. The second-order valence-corrected chi connectivity index (χ2v) is 10.5. The van der Waals surface area contributed by atoms with Gasteiger partial charge in [-0.15, -0.1) is 11.8 Å². The summed E-state index contributed by atoms with van der Waals surface area (Å²) in [6.07, 6.45) is 1.81. The summed E-state index contributed by atoms with van der Waals surface area (Å²) in [5.74, 6) is -0.111. The van der Waals surface area contributed by atoms with Crippen LogP contribution < -0.4 is 5.32 Å². The minimum absolute atomic E-state index is 0.111. The Morgan fingerprint density at radius 1 is 1.07 bits per heavy atom. The SMILES string of the molecule is Cc1ccc(S[C@H](C)C(=O)Nc2ccc(S(=O)(=O)N3CCCC3)cc2)c(C)c1. The number of carbonyl (C=O) groups is 1. The number of hydrogen-bond donors (Lipinski definition) is 1. The molecular formula is C21H26N2O3S2. The highest BCUT2D eigenvalue weighted by atomic mass is 32.2. The van der Waals surface area contributed by atoms with Crippen LogP contribution in [-0.2, 0) is 14.8 Å². The molecule has 1 aliphatic heterocycles. The van der Waals surface area contributed by atoms with Crippen molar-refractivity contribution in [1.29, 1.82) is 0 Å². The lowest BCUT2D eigenvalue weighted by molar-refractivity contribution is -0.115. The van der Waals surface area contributed by atoms with Crippen molar-refractivity contribution in [1.82, 2.24) is 4.31 Å². The van der Waals surface area contributed by atoms with Gasteiger partial charge in [-0.25, -0.2) is 8.42 Å². The highest BCUT2D eigenvalue weighted by Gasteiger charge is 2.27. The lowest BCUT2D eigenvalue weighted by atomic mass is 10.2. The van der Waals surface area contributed by atoms with Crippen LogP contribution in [0.25, 0.3) is 0 Å². The second-order valence-electron chi connectivity index (χ2n) is 7.15. The fraction of sp³-hybridized carbons (Fsp3) is 0.381. The van der Waals surface area contributed by atoms with E-state index < -0.39 is 10.0 Å². The number of rotatable bonds is 6. The van der Waals surface area contributed by atoms with Crippen LogP contribution in [0.4, 0.5) is 5.69 Å². The molecule has 1 saturated heterocycles. The zero-order valence-electron chi connectivity index (χ0n) is 16.4. The van der Waals surface area contributed by atoms with Crippen molar-refractivity contribution in [3.63, 3.8) is 0 Å². The van der Waals surface area contributed by atoms with Crippen LogP contribution in [0.2, 0.25) is 0 Å². The summed E-state index contributed by atoms with van der Waals surface area (Å²) in [4.78, 5) is 13.9.